The summed E-state index contributed by atoms with van der Waals surface area (Å²) in [6.45, 7) is 6.53. The molecule has 0 aromatic heterocycles. The van der Waals surface area contributed by atoms with Gasteiger partial charge in [-0.25, -0.2) is 4.79 Å². The Morgan fingerprint density at radius 1 is 1.03 bits per heavy atom. The number of amides is 4. The molecule has 0 bridgehead atoms. The number of rotatable bonds is 1. The molecule has 160 valence electrons. The monoisotopic (exact) mass is 412 g/mol. The van der Waals surface area contributed by atoms with Gasteiger partial charge in [-0.05, 0) is 63.3 Å². The van der Waals surface area contributed by atoms with Crippen LogP contribution in [0.1, 0.15) is 38.7 Å². The van der Waals surface area contributed by atoms with Crippen molar-refractivity contribution < 1.29 is 19.1 Å². The molecule has 1 spiro atoms. The fraction of sp³-hybridized carbons (Fsp3) is 0.591. The molecule has 4 heterocycles. The number of anilines is 2. The molecule has 2 N–H and O–H groups in total. The van der Waals surface area contributed by atoms with Gasteiger partial charge in [0.1, 0.15) is 0 Å². The molecular formula is C22H28N4O4. The molecule has 3 fully saturated rings. The molecule has 3 atom stereocenters. The molecule has 8 nitrogen and oxygen atoms in total. The number of urea groups is 1. The van der Waals surface area contributed by atoms with Crippen LogP contribution in [-0.4, -0.2) is 55.7 Å². The van der Waals surface area contributed by atoms with Crippen LogP contribution >= 0.6 is 0 Å². The van der Waals surface area contributed by atoms with E-state index in [4.69, 9.17) is 4.74 Å². The number of morpholine rings is 1. The van der Waals surface area contributed by atoms with Crippen molar-refractivity contribution in [3.05, 3.63) is 23.8 Å². The number of benzene rings is 1. The van der Waals surface area contributed by atoms with E-state index in [2.05, 4.69) is 38.6 Å². The van der Waals surface area contributed by atoms with E-state index in [-0.39, 0.29) is 18.6 Å². The number of piperidine rings is 1. The van der Waals surface area contributed by atoms with E-state index in [1.165, 1.54) is 19.3 Å². The molecule has 0 unspecified atom stereocenters. The Morgan fingerprint density at radius 3 is 2.43 bits per heavy atom. The van der Waals surface area contributed by atoms with E-state index in [1.807, 2.05) is 13.8 Å². The van der Waals surface area contributed by atoms with Crippen LogP contribution in [0, 0.1) is 5.41 Å². The van der Waals surface area contributed by atoms with Gasteiger partial charge in [-0.3, -0.25) is 20.2 Å². The van der Waals surface area contributed by atoms with Crippen molar-refractivity contribution in [1.29, 1.82) is 0 Å². The highest BCUT2D eigenvalue weighted by Crippen LogP contribution is 2.47. The Bertz CT molecular complexity index is 890. The van der Waals surface area contributed by atoms with Crippen LogP contribution in [0.15, 0.2) is 18.2 Å². The summed E-state index contributed by atoms with van der Waals surface area (Å²) in [5, 5.41) is 4.68. The summed E-state index contributed by atoms with van der Waals surface area (Å²) in [6.07, 6.45) is 3.48. The largest absolute Gasteiger partial charge is 0.372 e. The van der Waals surface area contributed by atoms with Gasteiger partial charge in [-0.1, -0.05) is 0 Å². The predicted molar refractivity (Wildman–Crippen MR) is 111 cm³/mol. The molecule has 4 aliphatic rings. The zero-order chi connectivity index (χ0) is 21.0. The smallest absolute Gasteiger partial charge is 0.328 e. The lowest BCUT2D eigenvalue weighted by atomic mass is 9.66. The van der Waals surface area contributed by atoms with Crippen LogP contribution in [0.5, 0.6) is 0 Å². The minimum absolute atomic E-state index is 0.0302. The zero-order valence-electron chi connectivity index (χ0n) is 17.4. The van der Waals surface area contributed by atoms with Gasteiger partial charge >= 0.3 is 6.03 Å². The van der Waals surface area contributed by atoms with Crippen LogP contribution in [0.25, 0.3) is 0 Å². The summed E-state index contributed by atoms with van der Waals surface area (Å²) in [7, 11) is 0. The van der Waals surface area contributed by atoms with Gasteiger partial charge in [0.05, 0.1) is 18.2 Å². The summed E-state index contributed by atoms with van der Waals surface area (Å²) >= 11 is 0. The Kier molecular flexibility index (Phi) is 4.50. The summed E-state index contributed by atoms with van der Waals surface area (Å²) in [6, 6.07) is 5.16. The minimum Gasteiger partial charge on any atom is -0.372 e. The molecule has 30 heavy (non-hydrogen) atoms. The lowest BCUT2D eigenvalue weighted by Crippen LogP contribution is -2.75. The maximum Gasteiger partial charge on any atom is 0.328 e. The molecule has 0 saturated carbocycles. The quantitative estimate of drug-likeness (QED) is 0.681. The second-order valence-corrected chi connectivity index (χ2v) is 9.00. The Labute approximate surface area is 175 Å². The van der Waals surface area contributed by atoms with E-state index in [0.717, 1.165) is 30.0 Å². The van der Waals surface area contributed by atoms with Crippen LogP contribution in [-0.2, 0) is 20.7 Å². The number of carbonyl (C=O) groups is 3. The number of imide groups is 2. The maximum absolute atomic E-state index is 13.2. The SMILES string of the molecule is C[C@@H]1CN2c3ccc(N4CCCCC4)cc3CC3(C(=O)NC(=O)NC3=O)[C@H]2[C@H](C)O1. The average Bonchev–Trinajstić information content (AvgIpc) is 2.71. The Morgan fingerprint density at radius 2 is 1.73 bits per heavy atom. The second-order valence-electron chi connectivity index (χ2n) is 9.00. The van der Waals surface area contributed by atoms with Crippen molar-refractivity contribution in [3.63, 3.8) is 0 Å². The highest BCUT2D eigenvalue weighted by atomic mass is 16.5. The number of ether oxygens (including phenoxy) is 1. The Balaban J connectivity index is 1.62. The molecule has 1 aromatic rings. The zero-order valence-corrected chi connectivity index (χ0v) is 17.4. The van der Waals surface area contributed by atoms with E-state index < -0.39 is 29.3 Å². The van der Waals surface area contributed by atoms with Crippen LogP contribution in [0.3, 0.4) is 0 Å². The number of barbiturate groups is 1. The molecule has 0 radical (unpaired) electrons. The third kappa shape index (κ3) is 2.80. The molecule has 4 amide bonds. The maximum atomic E-state index is 13.2. The molecule has 8 heteroatoms. The summed E-state index contributed by atoms with van der Waals surface area (Å²) in [5.74, 6) is -1.07. The first-order valence-corrected chi connectivity index (χ1v) is 10.9. The minimum atomic E-state index is -1.40. The lowest BCUT2D eigenvalue weighted by Gasteiger charge is -2.55. The Hall–Kier alpha value is -2.61. The third-order valence-corrected chi connectivity index (χ3v) is 7.01. The molecule has 3 saturated heterocycles. The number of nitrogens with zero attached hydrogens (tertiary/aromatic N) is 2. The summed E-state index contributed by atoms with van der Waals surface area (Å²) < 4.78 is 6.05. The number of fused-ring (bicyclic) bond motifs is 4. The number of hydrogen-bond acceptors (Lipinski definition) is 6. The fourth-order valence-corrected chi connectivity index (χ4v) is 5.78. The van der Waals surface area contributed by atoms with E-state index in [9.17, 15) is 14.4 Å². The van der Waals surface area contributed by atoms with Gasteiger partial charge in [-0.2, -0.15) is 0 Å². The topological polar surface area (TPSA) is 91.0 Å². The van der Waals surface area contributed by atoms with Gasteiger partial charge in [0.2, 0.25) is 11.8 Å². The predicted octanol–water partition coefficient (Wildman–Crippen LogP) is 1.57. The first-order valence-electron chi connectivity index (χ1n) is 10.9. The van der Waals surface area contributed by atoms with Crippen LogP contribution in [0.2, 0.25) is 0 Å². The van der Waals surface area contributed by atoms with Gasteiger partial charge in [-0.15, -0.1) is 0 Å². The molecular weight excluding hydrogens is 384 g/mol. The normalized spacial score (nSPS) is 30.5. The van der Waals surface area contributed by atoms with Crippen LogP contribution in [0.4, 0.5) is 16.2 Å². The van der Waals surface area contributed by atoms with Gasteiger partial charge in [0.15, 0.2) is 5.41 Å². The van der Waals surface area contributed by atoms with Crippen molar-refractivity contribution in [2.45, 2.75) is 57.8 Å². The van der Waals surface area contributed by atoms with Crippen molar-refractivity contribution in [3.8, 4) is 0 Å². The molecule has 0 aliphatic carbocycles. The van der Waals surface area contributed by atoms with E-state index in [0.29, 0.717) is 6.54 Å². The van der Waals surface area contributed by atoms with E-state index in [1.54, 1.807) is 0 Å². The van der Waals surface area contributed by atoms with Crippen molar-refractivity contribution in [1.82, 2.24) is 10.6 Å². The molecule has 1 aromatic carbocycles. The van der Waals surface area contributed by atoms with E-state index >= 15 is 0 Å². The summed E-state index contributed by atoms with van der Waals surface area (Å²) in [4.78, 5) is 42.7. The first-order chi connectivity index (χ1) is 14.4. The van der Waals surface area contributed by atoms with Gasteiger partial charge < -0.3 is 14.5 Å². The molecule has 4 aliphatic heterocycles. The van der Waals surface area contributed by atoms with Gasteiger partial charge in [0, 0.05) is 31.0 Å². The molecule has 5 rings (SSSR count). The average molecular weight is 412 g/mol. The first kappa shape index (κ1) is 19.4. The highest BCUT2D eigenvalue weighted by molar-refractivity contribution is 6.20. The fourth-order valence-electron chi connectivity index (χ4n) is 5.78. The van der Waals surface area contributed by atoms with Crippen molar-refractivity contribution in [2.24, 2.45) is 5.41 Å². The number of nitrogens with one attached hydrogen (secondary N) is 2. The van der Waals surface area contributed by atoms with Crippen molar-refractivity contribution in [2.75, 3.05) is 29.4 Å². The number of hydrogen-bond donors (Lipinski definition) is 2. The van der Waals surface area contributed by atoms with Crippen LogP contribution < -0.4 is 20.4 Å². The van der Waals surface area contributed by atoms with Gasteiger partial charge in [0.25, 0.3) is 0 Å². The van der Waals surface area contributed by atoms with Crippen molar-refractivity contribution >= 4 is 29.2 Å². The highest BCUT2D eigenvalue weighted by Gasteiger charge is 2.62. The number of carbonyl (C=O) groups excluding carboxylic acids is 3. The third-order valence-electron chi connectivity index (χ3n) is 7.01. The second kappa shape index (κ2) is 6.97. The summed E-state index contributed by atoms with van der Waals surface area (Å²) in [5.41, 5.74) is 1.74. The lowest BCUT2D eigenvalue weighted by molar-refractivity contribution is -0.153. The standard InChI is InChI=1S/C22H28N4O4/c1-13-12-26-17-7-6-16(25-8-4-3-5-9-25)10-15(17)11-22(18(26)14(2)30-13)19(27)23-21(29)24-20(22)28/h6-7,10,13-14,18H,3-5,8-9,11-12H2,1-2H3,(H2,23,24,27,28,29)/t13-,14+,18-/m1/s1.